The molecule has 0 bridgehead atoms. The fourth-order valence-electron chi connectivity index (χ4n) is 2.10. The molecule has 0 aliphatic rings. The van der Waals surface area contributed by atoms with E-state index in [2.05, 4.69) is 69.3 Å². The van der Waals surface area contributed by atoms with Crippen LogP contribution in [0.5, 0.6) is 0 Å². The maximum Gasteiger partial charge on any atom is 0.0637 e. The second kappa shape index (κ2) is 4.34. The van der Waals surface area contributed by atoms with Crippen LogP contribution in [-0.2, 0) is 5.54 Å². The van der Waals surface area contributed by atoms with E-state index in [1.165, 1.54) is 11.1 Å². The van der Waals surface area contributed by atoms with Gasteiger partial charge in [0.2, 0.25) is 0 Å². The van der Waals surface area contributed by atoms with Gasteiger partial charge < -0.3 is 5.73 Å². The summed E-state index contributed by atoms with van der Waals surface area (Å²) in [5.41, 5.74) is 10.9. The van der Waals surface area contributed by atoms with Crippen molar-refractivity contribution < 1.29 is 0 Å². The average Bonchev–Trinajstić information content (AvgIpc) is 2.29. The highest BCUT2D eigenvalue weighted by atomic mass is 14.7. The van der Waals surface area contributed by atoms with Crippen LogP contribution in [-0.4, -0.2) is 0 Å². The third kappa shape index (κ3) is 2.40. The fourth-order valence-corrected chi connectivity index (χ4v) is 2.10. The predicted octanol–water partition coefficient (Wildman–Crippen LogP) is 3.53. The quantitative estimate of drug-likeness (QED) is 0.831. The van der Waals surface area contributed by atoms with Gasteiger partial charge in [0.1, 0.15) is 0 Å². The molecule has 17 heavy (non-hydrogen) atoms. The summed E-state index contributed by atoms with van der Waals surface area (Å²) in [5, 5.41) is 0. The minimum Gasteiger partial charge on any atom is -0.318 e. The molecule has 2 rings (SSSR count). The van der Waals surface area contributed by atoms with Crippen LogP contribution in [0.3, 0.4) is 0 Å². The molecule has 0 heterocycles. The summed E-state index contributed by atoms with van der Waals surface area (Å²) in [4.78, 5) is 0. The zero-order chi connectivity index (χ0) is 12.5. The van der Waals surface area contributed by atoms with Crippen molar-refractivity contribution in [3.63, 3.8) is 0 Å². The molecule has 0 fully saturated rings. The molecule has 0 radical (unpaired) electrons. The van der Waals surface area contributed by atoms with Gasteiger partial charge in [0.25, 0.3) is 0 Å². The SMILES string of the molecule is Cc1cccc(C(C)(N)c2cccc(C)c2)c1. The van der Waals surface area contributed by atoms with E-state index in [0.717, 1.165) is 11.1 Å². The van der Waals surface area contributed by atoms with Gasteiger partial charge in [-0.3, -0.25) is 0 Å². The van der Waals surface area contributed by atoms with Crippen molar-refractivity contribution in [1.82, 2.24) is 0 Å². The van der Waals surface area contributed by atoms with Crippen molar-refractivity contribution in [3.05, 3.63) is 70.8 Å². The van der Waals surface area contributed by atoms with Gasteiger partial charge >= 0.3 is 0 Å². The van der Waals surface area contributed by atoms with Gasteiger partial charge in [-0.25, -0.2) is 0 Å². The molecule has 1 heteroatoms. The number of rotatable bonds is 2. The molecule has 0 unspecified atom stereocenters. The number of benzene rings is 2. The highest BCUT2D eigenvalue weighted by Gasteiger charge is 2.23. The molecule has 0 aliphatic heterocycles. The summed E-state index contributed by atoms with van der Waals surface area (Å²) in [6.45, 7) is 6.25. The molecule has 88 valence electrons. The van der Waals surface area contributed by atoms with Crippen LogP contribution in [0.15, 0.2) is 48.5 Å². The number of hydrogen-bond acceptors (Lipinski definition) is 1. The first-order valence-electron chi connectivity index (χ1n) is 5.93. The van der Waals surface area contributed by atoms with Gasteiger partial charge in [-0.1, -0.05) is 59.7 Å². The van der Waals surface area contributed by atoms with Crippen molar-refractivity contribution in [3.8, 4) is 0 Å². The maximum atomic E-state index is 6.50. The van der Waals surface area contributed by atoms with Crippen molar-refractivity contribution in [1.29, 1.82) is 0 Å². The summed E-state index contributed by atoms with van der Waals surface area (Å²) >= 11 is 0. The van der Waals surface area contributed by atoms with Crippen molar-refractivity contribution in [2.75, 3.05) is 0 Å². The van der Waals surface area contributed by atoms with Crippen molar-refractivity contribution >= 4 is 0 Å². The lowest BCUT2D eigenvalue weighted by Crippen LogP contribution is -2.34. The lowest BCUT2D eigenvalue weighted by molar-refractivity contribution is 0.602. The second-order valence-corrected chi connectivity index (χ2v) is 4.94. The first-order chi connectivity index (χ1) is 8.00. The van der Waals surface area contributed by atoms with E-state index in [4.69, 9.17) is 5.73 Å². The zero-order valence-electron chi connectivity index (χ0n) is 10.7. The van der Waals surface area contributed by atoms with Crippen LogP contribution in [0.1, 0.15) is 29.2 Å². The Labute approximate surface area is 103 Å². The highest BCUT2D eigenvalue weighted by Crippen LogP contribution is 2.27. The standard InChI is InChI=1S/C16H19N/c1-12-6-4-8-14(10-12)16(3,17)15-9-5-7-13(2)11-15/h4-11H,17H2,1-3H3. The van der Waals surface area contributed by atoms with Gasteiger partial charge in [0.05, 0.1) is 5.54 Å². The molecule has 2 aromatic rings. The summed E-state index contributed by atoms with van der Waals surface area (Å²) in [6, 6.07) is 16.8. The van der Waals surface area contributed by atoms with Crippen LogP contribution >= 0.6 is 0 Å². The molecule has 0 aliphatic carbocycles. The van der Waals surface area contributed by atoms with Crippen LogP contribution in [0.2, 0.25) is 0 Å². The molecule has 0 spiro atoms. The lowest BCUT2D eigenvalue weighted by atomic mass is 9.84. The molecule has 2 aromatic carbocycles. The Hall–Kier alpha value is -1.60. The molecular weight excluding hydrogens is 206 g/mol. The van der Waals surface area contributed by atoms with Gasteiger partial charge in [0, 0.05) is 0 Å². The van der Waals surface area contributed by atoms with Crippen LogP contribution in [0.25, 0.3) is 0 Å². The van der Waals surface area contributed by atoms with Crippen molar-refractivity contribution in [2.24, 2.45) is 5.73 Å². The number of nitrogens with two attached hydrogens (primary N) is 1. The van der Waals surface area contributed by atoms with Gasteiger partial charge in [-0.2, -0.15) is 0 Å². The third-order valence-corrected chi connectivity index (χ3v) is 3.24. The number of aryl methyl sites for hydroxylation is 2. The maximum absolute atomic E-state index is 6.50. The van der Waals surface area contributed by atoms with Crippen LogP contribution < -0.4 is 5.73 Å². The van der Waals surface area contributed by atoms with Gasteiger partial charge in [0.15, 0.2) is 0 Å². The third-order valence-electron chi connectivity index (χ3n) is 3.24. The topological polar surface area (TPSA) is 26.0 Å². The van der Waals surface area contributed by atoms with Gasteiger partial charge in [-0.05, 0) is 31.9 Å². The van der Waals surface area contributed by atoms with E-state index in [9.17, 15) is 0 Å². The Bertz CT molecular complexity index is 479. The second-order valence-electron chi connectivity index (χ2n) is 4.94. The van der Waals surface area contributed by atoms with E-state index in [0.29, 0.717) is 0 Å². The molecule has 0 saturated carbocycles. The Morgan fingerprint density at radius 3 is 1.59 bits per heavy atom. The molecule has 2 N–H and O–H groups in total. The minimum atomic E-state index is -0.432. The number of hydrogen-bond donors (Lipinski definition) is 1. The summed E-state index contributed by atoms with van der Waals surface area (Å²) < 4.78 is 0. The largest absolute Gasteiger partial charge is 0.318 e. The summed E-state index contributed by atoms with van der Waals surface area (Å²) in [7, 11) is 0. The fraction of sp³-hybridized carbons (Fsp3) is 0.250. The normalized spacial score (nSPS) is 11.5. The predicted molar refractivity (Wildman–Crippen MR) is 73.0 cm³/mol. The molecular formula is C16H19N. The van der Waals surface area contributed by atoms with Crippen LogP contribution in [0.4, 0.5) is 0 Å². The smallest absolute Gasteiger partial charge is 0.0637 e. The van der Waals surface area contributed by atoms with Crippen molar-refractivity contribution in [2.45, 2.75) is 26.3 Å². The van der Waals surface area contributed by atoms with E-state index in [1.54, 1.807) is 0 Å². The Morgan fingerprint density at radius 2 is 1.24 bits per heavy atom. The van der Waals surface area contributed by atoms with Crippen LogP contribution in [0, 0.1) is 13.8 Å². The summed E-state index contributed by atoms with van der Waals surface area (Å²) in [6.07, 6.45) is 0. The Kier molecular flexibility index (Phi) is 3.03. The lowest BCUT2D eigenvalue weighted by Gasteiger charge is -2.26. The first kappa shape index (κ1) is 11.9. The zero-order valence-corrected chi connectivity index (χ0v) is 10.7. The Balaban J connectivity index is 2.49. The van der Waals surface area contributed by atoms with Gasteiger partial charge in [-0.15, -0.1) is 0 Å². The average molecular weight is 225 g/mol. The first-order valence-corrected chi connectivity index (χ1v) is 5.93. The highest BCUT2D eigenvalue weighted by molar-refractivity contribution is 5.39. The molecule has 0 aromatic heterocycles. The van der Waals surface area contributed by atoms with E-state index >= 15 is 0 Å². The molecule has 1 nitrogen and oxygen atoms in total. The molecule has 0 atom stereocenters. The minimum absolute atomic E-state index is 0.432. The summed E-state index contributed by atoms with van der Waals surface area (Å²) in [5.74, 6) is 0. The Morgan fingerprint density at radius 1 is 0.824 bits per heavy atom. The monoisotopic (exact) mass is 225 g/mol. The molecule has 0 amide bonds. The molecule has 0 saturated heterocycles. The van der Waals surface area contributed by atoms with E-state index < -0.39 is 5.54 Å². The van der Waals surface area contributed by atoms with E-state index in [1.807, 2.05) is 0 Å². The van der Waals surface area contributed by atoms with E-state index in [-0.39, 0.29) is 0 Å².